The molecule has 41 heavy (non-hydrogen) atoms. The Morgan fingerprint density at radius 2 is 1.15 bits per heavy atom. The lowest BCUT2D eigenvalue weighted by Crippen LogP contribution is -2.39. The summed E-state index contributed by atoms with van der Waals surface area (Å²) in [6, 6.07) is 44.3. The van der Waals surface area contributed by atoms with E-state index >= 15 is 0 Å². The number of carbonyl (C=O) groups excluding carboxylic acids is 2. The Bertz CT molecular complexity index is 1570. The summed E-state index contributed by atoms with van der Waals surface area (Å²) in [5.41, 5.74) is 2.80. The van der Waals surface area contributed by atoms with Crippen LogP contribution in [0, 0.1) is 0 Å². The van der Waals surface area contributed by atoms with Gasteiger partial charge >= 0.3 is 0 Å². The molecule has 0 fully saturated rings. The Kier molecular flexibility index (Phi) is 8.88. The fourth-order valence-corrected chi connectivity index (χ4v) is 7.22. The summed E-state index contributed by atoms with van der Waals surface area (Å²) in [6.45, 7) is 0. The Labute approximate surface area is 242 Å². The summed E-state index contributed by atoms with van der Waals surface area (Å²) in [7, 11) is 2.84. The molecule has 0 saturated carbocycles. The number of nitrogens with one attached hydrogen (secondary N) is 2. The molecule has 0 bridgehead atoms. The van der Waals surface area contributed by atoms with Gasteiger partial charge in [-0.1, -0.05) is 121 Å². The predicted molar refractivity (Wildman–Crippen MR) is 171 cm³/mol. The zero-order chi connectivity index (χ0) is 28.6. The van der Waals surface area contributed by atoms with Crippen LogP contribution >= 0.6 is 7.92 Å². The molecule has 1 atom stereocenters. The van der Waals surface area contributed by atoms with Gasteiger partial charge in [0.25, 0.3) is 11.8 Å². The van der Waals surface area contributed by atoms with Crippen LogP contribution in [0.1, 0.15) is 22.0 Å². The van der Waals surface area contributed by atoms with Crippen LogP contribution in [0.2, 0.25) is 0 Å². The molecule has 0 spiro atoms. The molecule has 2 amide bonds. The van der Waals surface area contributed by atoms with Gasteiger partial charge in [0.05, 0.1) is 11.4 Å². The maximum atomic E-state index is 14.1. The van der Waals surface area contributed by atoms with Gasteiger partial charge in [0.1, 0.15) is 6.04 Å². The maximum absolute atomic E-state index is 14.1. The minimum Gasteiger partial charge on any atom is -0.376 e. The first-order valence-electron chi connectivity index (χ1n) is 13.4. The Hall–Kier alpha value is -4.73. The highest BCUT2D eigenvalue weighted by Crippen LogP contribution is 2.34. The second-order valence-electron chi connectivity index (χ2n) is 9.74. The largest absolute Gasteiger partial charge is 0.376 e. The van der Waals surface area contributed by atoms with Gasteiger partial charge in [-0.05, 0) is 47.6 Å². The highest BCUT2D eigenvalue weighted by Gasteiger charge is 2.27. The number of hydrogen-bond donors (Lipinski definition) is 2. The maximum Gasteiger partial charge on any atom is 0.252 e. The lowest BCUT2D eigenvalue weighted by atomic mass is 10.0. The van der Waals surface area contributed by atoms with Crippen molar-refractivity contribution < 1.29 is 9.59 Å². The van der Waals surface area contributed by atoms with Gasteiger partial charge in [0, 0.05) is 19.7 Å². The zero-order valence-corrected chi connectivity index (χ0v) is 24.0. The number of carbonyl (C=O) groups is 2. The first-order chi connectivity index (χ1) is 20.0. The van der Waals surface area contributed by atoms with Crippen LogP contribution in [0.25, 0.3) is 0 Å². The van der Waals surface area contributed by atoms with E-state index in [-0.39, 0.29) is 11.8 Å². The highest BCUT2D eigenvalue weighted by atomic mass is 31.1. The van der Waals surface area contributed by atoms with E-state index in [4.69, 9.17) is 0 Å². The number of para-hydroxylation sites is 2. The van der Waals surface area contributed by atoms with Crippen LogP contribution in [-0.4, -0.2) is 25.9 Å². The van der Waals surface area contributed by atoms with Gasteiger partial charge in [-0.2, -0.15) is 0 Å². The van der Waals surface area contributed by atoms with Crippen molar-refractivity contribution in [2.45, 2.75) is 6.04 Å². The predicted octanol–water partition coefficient (Wildman–Crippen LogP) is 5.62. The molecule has 6 heteroatoms. The molecule has 0 aliphatic heterocycles. The standard InChI is InChI=1S/C35H32N3O2P/c1-38(2)31-24-14-13-23-30(31)36-35(40)33(26-16-6-3-7-17-26)37-34(39)29-22-12-15-25-32(29)41(27-18-8-4-9-19-27)28-20-10-5-11-21-28/h3-25,33H,1-2H3,(H,36,40)(H,37,39)/t33-/m0/s1. The lowest BCUT2D eigenvalue weighted by Gasteiger charge is -2.24. The van der Waals surface area contributed by atoms with Crippen molar-refractivity contribution in [3.8, 4) is 0 Å². The molecule has 5 aromatic carbocycles. The number of anilines is 2. The summed E-state index contributed by atoms with van der Waals surface area (Å²) in [5, 5.41) is 9.33. The van der Waals surface area contributed by atoms with Crippen molar-refractivity contribution in [1.82, 2.24) is 5.32 Å². The van der Waals surface area contributed by atoms with Crippen molar-refractivity contribution in [2.75, 3.05) is 24.3 Å². The van der Waals surface area contributed by atoms with Crippen molar-refractivity contribution >= 4 is 47.0 Å². The second-order valence-corrected chi connectivity index (χ2v) is 11.9. The van der Waals surface area contributed by atoms with E-state index in [0.717, 1.165) is 21.6 Å². The van der Waals surface area contributed by atoms with E-state index in [9.17, 15) is 9.59 Å². The fourth-order valence-electron chi connectivity index (χ4n) is 4.77. The molecule has 5 aromatic rings. The zero-order valence-electron chi connectivity index (χ0n) is 23.1. The van der Waals surface area contributed by atoms with Gasteiger partial charge in [-0.3, -0.25) is 9.59 Å². The molecule has 5 nitrogen and oxygen atoms in total. The minimum absolute atomic E-state index is 0.301. The van der Waals surface area contributed by atoms with Gasteiger partial charge in [0.15, 0.2) is 0 Å². The van der Waals surface area contributed by atoms with E-state index in [1.165, 1.54) is 0 Å². The molecule has 5 rings (SSSR count). The molecule has 204 valence electrons. The van der Waals surface area contributed by atoms with Gasteiger partial charge < -0.3 is 15.5 Å². The number of hydrogen-bond acceptors (Lipinski definition) is 3. The van der Waals surface area contributed by atoms with E-state index in [1.807, 2.05) is 134 Å². The summed E-state index contributed by atoms with van der Waals surface area (Å²) < 4.78 is 0. The minimum atomic E-state index is -1.01. The quantitative estimate of drug-likeness (QED) is 0.231. The Morgan fingerprint density at radius 3 is 1.76 bits per heavy atom. The third kappa shape index (κ3) is 6.54. The number of nitrogens with zero attached hydrogens (tertiary/aromatic N) is 1. The van der Waals surface area contributed by atoms with Crippen molar-refractivity contribution in [1.29, 1.82) is 0 Å². The van der Waals surface area contributed by atoms with Crippen molar-refractivity contribution in [3.63, 3.8) is 0 Å². The van der Waals surface area contributed by atoms with Crippen molar-refractivity contribution in [3.05, 3.63) is 151 Å². The first kappa shape index (κ1) is 27.8. The SMILES string of the molecule is CN(C)c1ccccc1NC(=O)[C@@H](NC(=O)c1ccccc1P(c1ccccc1)c1ccccc1)c1ccccc1. The first-order valence-corrected chi connectivity index (χ1v) is 14.8. The van der Waals surface area contributed by atoms with Crippen LogP contribution in [-0.2, 0) is 4.79 Å². The molecule has 0 aromatic heterocycles. The summed E-state index contributed by atoms with van der Waals surface area (Å²) in [4.78, 5) is 29.8. The fraction of sp³-hybridized carbons (Fsp3) is 0.0857. The number of rotatable bonds is 9. The highest BCUT2D eigenvalue weighted by molar-refractivity contribution is 7.80. The molecule has 0 saturated heterocycles. The van der Waals surface area contributed by atoms with Crippen LogP contribution in [0.5, 0.6) is 0 Å². The Morgan fingerprint density at radius 1 is 0.634 bits per heavy atom. The van der Waals surface area contributed by atoms with E-state index in [1.54, 1.807) is 0 Å². The molecule has 0 unspecified atom stereocenters. The summed E-state index contributed by atoms with van der Waals surface area (Å²) in [6.07, 6.45) is 0. The molecule has 0 radical (unpaired) electrons. The molecular weight excluding hydrogens is 525 g/mol. The molecule has 0 aliphatic carbocycles. The Balaban J connectivity index is 1.51. The van der Waals surface area contributed by atoms with Crippen LogP contribution < -0.4 is 31.4 Å². The number of amides is 2. The third-order valence-electron chi connectivity index (χ3n) is 6.73. The second kappa shape index (κ2) is 13.1. The third-order valence-corrected chi connectivity index (χ3v) is 9.23. The average molecular weight is 558 g/mol. The molecular formula is C35H32N3O2P. The van der Waals surface area contributed by atoms with Crippen LogP contribution in [0.3, 0.4) is 0 Å². The normalized spacial score (nSPS) is 11.5. The van der Waals surface area contributed by atoms with E-state index in [0.29, 0.717) is 16.8 Å². The summed E-state index contributed by atoms with van der Waals surface area (Å²) in [5.74, 6) is -0.616. The molecule has 0 heterocycles. The van der Waals surface area contributed by atoms with Crippen LogP contribution in [0.15, 0.2) is 140 Å². The van der Waals surface area contributed by atoms with E-state index in [2.05, 4.69) is 34.9 Å². The lowest BCUT2D eigenvalue weighted by molar-refractivity contribution is -0.118. The monoisotopic (exact) mass is 557 g/mol. The average Bonchev–Trinajstić information content (AvgIpc) is 3.02. The molecule has 2 N–H and O–H groups in total. The van der Waals surface area contributed by atoms with Crippen molar-refractivity contribution in [2.24, 2.45) is 0 Å². The topological polar surface area (TPSA) is 61.4 Å². The smallest absolute Gasteiger partial charge is 0.252 e. The van der Waals surface area contributed by atoms with Gasteiger partial charge in [0.2, 0.25) is 0 Å². The number of benzene rings is 5. The summed E-state index contributed by atoms with van der Waals surface area (Å²) >= 11 is 0. The van der Waals surface area contributed by atoms with Gasteiger partial charge in [-0.25, -0.2) is 0 Å². The van der Waals surface area contributed by atoms with E-state index < -0.39 is 14.0 Å². The molecule has 0 aliphatic rings. The van der Waals surface area contributed by atoms with Crippen LogP contribution in [0.4, 0.5) is 11.4 Å². The van der Waals surface area contributed by atoms with Gasteiger partial charge in [-0.15, -0.1) is 0 Å².